The van der Waals surface area contributed by atoms with Crippen molar-refractivity contribution in [3.8, 4) is 11.8 Å². The van der Waals surface area contributed by atoms with E-state index < -0.39 is 0 Å². The molecule has 2 N–H and O–H groups in total. The summed E-state index contributed by atoms with van der Waals surface area (Å²) in [4.78, 5) is 11.9. The normalized spacial score (nSPS) is 10.1. The molecule has 26 heavy (non-hydrogen) atoms. The monoisotopic (exact) mass is 350 g/mol. The van der Waals surface area contributed by atoms with Crippen LogP contribution >= 0.6 is 0 Å². The van der Waals surface area contributed by atoms with Gasteiger partial charge in [0.2, 0.25) is 0 Å². The Hall–Kier alpha value is -2.77. The molecule has 0 spiro atoms. The maximum atomic E-state index is 11.9. The van der Waals surface area contributed by atoms with Gasteiger partial charge in [-0.05, 0) is 42.7 Å². The number of benzene rings is 2. The van der Waals surface area contributed by atoms with Crippen molar-refractivity contribution < 1.29 is 9.53 Å². The Bertz CT molecular complexity index is 745. The van der Waals surface area contributed by atoms with E-state index in [9.17, 15) is 4.79 Å². The lowest BCUT2D eigenvalue weighted by Crippen LogP contribution is -2.30. The highest BCUT2D eigenvalue weighted by Gasteiger charge is 2.01. The molecule has 0 aliphatic carbocycles. The Balaban J connectivity index is 1.77. The molecular formula is C22H26N2O2. The third-order valence-corrected chi connectivity index (χ3v) is 3.45. The van der Waals surface area contributed by atoms with Crippen molar-refractivity contribution in [2.24, 2.45) is 5.92 Å². The van der Waals surface area contributed by atoms with Crippen molar-refractivity contribution >= 4 is 11.7 Å². The molecular weight excluding hydrogens is 324 g/mol. The molecule has 0 unspecified atom stereocenters. The summed E-state index contributed by atoms with van der Waals surface area (Å²) in [7, 11) is 0. The van der Waals surface area contributed by atoms with Crippen LogP contribution in [0.25, 0.3) is 0 Å². The fourth-order valence-electron chi connectivity index (χ4n) is 2.21. The van der Waals surface area contributed by atoms with Gasteiger partial charge in [0.1, 0.15) is 0 Å². The average Bonchev–Trinajstić information content (AvgIpc) is 2.64. The molecule has 0 radical (unpaired) electrons. The van der Waals surface area contributed by atoms with E-state index in [4.69, 9.17) is 4.74 Å². The van der Waals surface area contributed by atoms with E-state index in [-0.39, 0.29) is 6.03 Å². The van der Waals surface area contributed by atoms with E-state index in [0.717, 1.165) is 29.8 Å². The number of anilines is 1. The van der Waals surface area contributed by atoms with Crippen LogP contribution in [0, 0.1) is 17.8 Å². The first kappa shape index (κ1) is 19.6. The zero-order chi connectivity index (χ0) is 18.6. The van der Waals surface area contributed by atoms with Gasteiger partial charge in [-0.3, -0.25) is 0 Å². The van der Waals surface area contributed by atoms with Gasteiger partial charge in [0.25, 0.3) is 0 Å². The van der Waals surface area contributed by atoms with E-state index in [1.54, 1.807) is 0 Å². The molecule has 0 saturated carbocycles. The molecule has 0 aromatic heterocycles. The number of hydrogen-bond acceptors (Lipinski definition) is 2. The average molecular weight is 350 g/mol. The van der Waals surface area contributed by atoms with Crippen molar-refractivity contribution in [1.29, 1.82) is 0 Å². The van der Waals surface area contributed by atoms with E-state index in [1.165, 1.54) is 0 Å². The van der Waals surface area contributed by atoms with Crippen molar-refractivity contribution in [3.63, 3.8) is 0 Å². The summed E-state index contributed by atoms with van der Waals surface area (Å²) in [5, 5.41) is 5.66. The second-order valence-electron chi connectivity index (χ2n) is 6.40. The lowest BCUT2D eigenvalue weighted by atomic mass is 10.1. The van der Waals surface area contributed by atoms with E-state index in [1.807, 2.05) is 54.6 Å². The maximum Gasteiger partial charge on any atom is 0.319 e. The van der Waals surface area contributed by atoms with Crippen molar-refractivity contribution in [1.82, 2.24) is 5.32 Å². The van der Waals surface area contributed by atoms with Gasteiger partial charge in [-0.25, -0.2) is 4.79 Å². The third-order valence-electron chi connectivity index (χ3n) is 3.45. The number of amides is 2. The van der Waals surface area contributed by atoms with Gasteiger partial charge in [-0.1, -0.05) is 50.0 Å². The molecule has 2 aromatic rings. The fourth-order valence-corrected chi connectivity index (χ4v) is 2.21. The maximum absolute atomic E-state index is 11.9. The summed E-state index contributed by atoms with van der Waals surface area (Å²) in [6, 6.07) is 17.1. The predicted octanol–water partition coefficient (Wildman–Crippen LogP) is 4.27. The minimum Gasteiger partial charge on any atom is -0.381 e. The topological polar surface area (TPSA) is 50.4 Å². The smallest absolute Gasteiger partial charge is 0.319 e. The molecule has 4 nitrogen and oxygen atoms in total. The molecule has 2 aromatic carbocycles. The largest absolute Gasteiger partial charge is 0.381 e. The van der Waals surface area contributed by atoms with Gasteiger partial charge in [-0.2, -0.15) is 0 Å². The summed E-state index contributed by atoms with van der Waals surface area (Å²) >= 11 is 0. The highest BCUT2D eigenvalue weighted by molar-refractivity contribution is 5.89. The van der Waals surface area contributed by atoms with E-state index in [0.29, 0.717) is 19.1 Å². The number of urea groups is 1. The minimum atomic E-state index is -0.220. The molecule has 0 bridgehead atoms. The first-order chi connectivity index (χ1) is 12.6. The summed E-state index contributed by atoms with van der Waals surface area (Å²) in [5.74, 6) is 6.75. The van der Waals surface area contributed by atoms with Gasteiger partial charge >= 0.3 is 6.03 Å². The number of hydrogen-bond donors (Lipinski definition) is 2. The van der Waals surface area contributed by atoms with Crippen molar-refractivity contribution in [2.45, 2.75) is 20.3 Å². The van der Waals surface area contributed by atoms with Crippen LogP contribution in [0.15, 0.2) is 54.6 Å². The second-order valence-corrected chi connectivity index (χ2v) is 6.40. The minimum absolute atomic E-state index is 0.220. The number of carbonyl (C=O) groups is 1. The number of carbonyl (C=O) groups excluding carboxylic acids is 1. The van der Waals surface area contributed by atoms with Gasteiger partial charge in [0.05, 0.1) is 0 Å². The summed E-state index contributed by atoms with van der Waals surface area (Å²) in [6.45, 7) is 6.22. The molecule has 0 atom stereocenters. The summed E-state index contributed by atoms with van der Waals surface area (Å²) in [5.41, 5.74) is 2.54. The molecule has 2 rings (SSSR count). The summed E-state index contributed by atoms with van der Waals surface area (Å²) in [6.07, 6.45) is 0.794. The van der Waals surface area contributed by atoms with Gasteiger partial charge in [0, 0.05) is 36.6 Å². The molecule has 0 heterocycles. The number of ether oxygens (including phenoxy) is 1. The molecule has 136 valence electrons. The SMILES string of the molecule is CC(C)COCCCNC(=O)Nc1cccc(C#Cc2ccccc2)c1. The Morgan fingerprint density at radius 3 is 2.54 bits per heavy atom. The van der Waals surface area contributed by atoms with Crippen LogP contribution in [-0.2, 0) is 4.74 Å². The van der Waals surface area contributed by atoms with Crippen LogP contribution in [0.3, 0.4) is 0 Å². The van der Waals surface area contributed by atoms with Gasteiger partial charge < -0.3 is 15.4 Å². The number of nitrogens with one attached hydrogen (secondary N) is 2. The van der Waals surface area contributed by atoms with Crippen LogP contribution < -0.4 is 10.6 Å². The molecule has 0 fully saturated rings. The van der Waals surface area contributed by atoms with Crippen LogP contribution in [0.2, 0.25) is 0 Å². The standard InChI is InChI=1S/C22H26N2O2/c1-18(2)17-26-15-7-14-23-22(25)24-21-11-6-10-20(16-21)13-12-19-8-4-3-5-9-19/h3-6,8-11,16,18H,7,14-15,17H2,1-2H3,(H2,23,24,25). The van der Waals surface area contributed by atoms with E-state index in [2.05, 4.69) is 36.3 Å². The molecule has 0 aliphatic heterocycles. The lowest BCUT2D eigenvalue weighted by Gasteiger charge is -2.09. The van der Waals surface area contributed by atoms with Crippen LogP contribution in [0.4, 0.5) is 10.5 Å². The zero-order valence-electron chi connectivity index (χ0n) is 15.4. The summed E-state index contributed by atoms with van der Waals surface area (Å²) < 4.78 is 5.49. The van der Waals surface area contributed by atoms with Crippen LogP contribution in [0.5, 0.6) is 0 Å². The first-order valence-electron chi connectivity index (χ1n) is 8.93. The van der Waals surface area contributed by atoms with Crippen molar-refractivity contribution in [3.05, 3.63) is 65.7 Å². The molecule has 4 heteroatoms. The Labute approximate surface area is 156 Å². The zero-order valence-corrected chi connectivity index (χ0v) is 15.4. The van der Waals surface area contributed by atoms with Crippen molar-refractivity contribution in [2.75, 3.05) is 25.1 Å². The Morgan fingerprint density at radius 2 is 1.77 bits per heavy atom. The molecule has 0 saturated heterocycles. The highest BCUT2D eigenvalue weighted by Crippen LogP contribution is 2.10. The predicted molar refractivity (Wildman–Crippen MR) is 106 cm³/mol. The Morgan fingerprint density at radius 1 is 1.04 bits per heavy atom. The Kier molecular flexibility index (Phi) is 8.25. The highest BCUT2D eigenvalue weighted by atomic mass is 16.5. The molecule has 2 amide bonds. The van der Waals surface area contributed by atoms with Crippen LogP contribution in [0.1, 0.15) is 31.4 Å². The third kappa shape index (κ3) is 7.87. The fraction of sp³-hybridized carbons (Fsp3) is 0.318. The van der Waals surface area contributed by atoms with Crippen LogP contribution in [-0.4, -0.2) is 25.8 Å². The number of rotatable bonds is 7. The first-order valence-corrected chi connectivity index (χ1v) is 8.93. The van der Waals surface area contributed by atoms with Gasteiger partial charge in [0.15, 0.2) is 0 Å². The quantitative estimate of drug-likeness (QED) is 0.579. The second kappa shape index (κ2) is 11.0. The molecule has 0 aliphatic rings. The van der Waals surface area contributed by atoms with Gasteiger partial charge in [-0.15, -0.1) is 0 Å². The van der Waals surface area contributed by atoms with E-state index >= 15 is 0 Å². The lowest BCUT2D eigenvalue weighted by molar-refractivity contribution is 0.108.